The van der Waals surface area contributed by atoms with Crippen LogP contribution in [-0.2, 0) is 16.6 Å². The molecular weight excluding hydrogens is 304 g/mol. The molecule has 1 N–H and O–H groups in total. The lowest BCUT2D eigenvalue weighted by Gasteiger charge is -2.02. The third kappa shape index (κ3) is 3.43. The predicted octanol–water partition coefficient (Wildman–Crippen LogP) is 3.72. The Balaban J connectivity index is 2.21. The maximum absolute atomic E-state index is 12.2. The lowest BCUT2D eigenvalue weighted by atomic mass is 10.3. The van der Waals surface area contributed by atoms with Crippen LogP contribution in [0.15, 0.2) is 35.2 Å². The molecule has 0 saturated heterocycles. The minimum atomic E-state index is -1.23. The van der Waals surface area contributed by atoms with Gasteiger partial charge in [0, 0.05) is 14.8 Å². The summed E-state index contributed by atoms with van der Waals surface area (Å²) in [6, 6.07) is 8.48. The molecule has 2 aromatic rings. The minimum absolute atomic E-state index is 0.274. The third-order valence-corrected chi connectivity index (χ3v) is 5.25. The molecule has 0 spiro atoms. The van der Waals surface area contributed by atoms with Crippen LogP contribution in [0.4, 0.5) is 0 Å². The molecular formula is C13H11ClO3S2. The number of halogens is 1. The molecule has 1 aromatic heterocycles. The molecule has 0 aliphatic rings. The van der Waals surface area contributed by atoms with E-state index >= 15 is 0 Å². The van der Waals surface area contributed by atoms with Crippen molar-refractivity contribution in [3.8, 4) is 0 Å². The van der Waals surface area contributed by atoms with Crippen molar-refractivity contribution in [2.45, 2.75) is 17.6 Å². The number of aryl methyl sites for hydroxylation is 1. The van der Waals surface area contributed by atoms with E-state index in [4.69, 9.17) is 16.7 Å². The highest BCUT2D eigenvalue weighted by Gasteiger charge is 2.14. The van der Waals surface area contributed by atoms with E-state index in [0.717, 1.165) is 10.4 Å². The molecule has 0 saturated carbocycles. The van der Waals surface area contributed by atoms with Gasteiger partial charge in [-0.1, -0.05) is 17.7 Å². The Morgan fingerprint density at radius 2 is 2.16 bits per heavy atom. The van der Waals surface area contributed by atoms with E-state index in [1.807, 2.05) is 6.92 Å². The molecule has 3 nitrogen and oxygen atoms in total. The smallest absolute Gasteiger partial charge is 0.345 e. The average molecular weight is 315 g/mol. The minimum Gasteiger partial charge on any atom is -0.477 e. The van der Waals surface area contributed by atoms with Gasteiger partial charge in [-0.25, -0.2) is 4.79 Å². The van der Waals surface area contributed by atoms with Crippen molar-refractivity contribution in [1.82, 2.24) is 0 Å². The van der Waals surface area contributed by atoms with Gasteiger partial charge >= 0.3 is 5.97 Å². The van der Waals surface area contributed by atoms with Crippen molar-refractivity contribution in [3.05, 3.63) is 50.7 Å². The summed E-state index contributed by atoms with van der Waals surface area (Å²) in [4.78, 5) is 12.7. The van der Waals surface area contributed by atoms with E-state index in [-0.39, 0.29) is 4.88 Å². The first kappa shape index (κ1) is 14.2. The molecule has 2 rings (SSSR count). The number of rotatable bonds is 4. The maximum atomic E-state index is 12.2. The number of hydrogen-bond acceptors (Lipinski definition) is 3. The van der Waals surface area contributed by atoms with E-state index in [1.54, 1.807) is 30.3 Å². The molecule has 1 atom stereocenters. The standard InChI is InChI=1S/C13H11ClO3S2/c1-8-9(5-12(18-8)13(15)16)7-19(17)11-4-2-3-10(14)6-11/h2-6H,7H2,1H3,(H,15,16). The second-order valence-electron chi connectivity index (χ2n) is 3.94. The van der Waals surface area contributed by atoms with Crippen LogP contribution in [0.25, 0.3) is 0 Å². The Hall–Kier alpha value is -1.17. The van der Waals surface area contributed by atoms with Crippen molar-refractivity contribution < 1.29 is 14.1 Å². The van der Waals surface area contributed by atoms with Gasteiger partial charge in [-0.05, 0) is 36.8 Å². The largest absolute Gasteiger partial charge is 0.477 e. The molecule has 1 unspecified atom stereocenters. The van der Waals surface area contributed by atoms with Crippen molar-refractivity contribution in [2.75, 3.05) is 0 Å². The summed E-state index contributed by atoms with van der Waals surface area (Å²) in [6.07, 6.45) is 0. The quantitative estimate of drug-likeness (QED) is 0.935. The van der Waals surface area contributed by atoms with Crippen LogP contribution in [0.3, 0.4) is 0 Å². The average Bonchev–Trinajstić information content (AvgIpc) is 2.71. The molecule has 0 aliphatic heterocycles. The third-order valence-electron chi connectivity index (χ3n) is 2.58. The van der Waals surface area contributed by atoms with Gasteiger partial charge in [0.25, 0.3) is 0 Å². The van der Waals surface area contributed by atoms with E-state index in [1.165, 1.54) is 11.3 Å². The zero-order chi connectivity index (χ0) is 14.0. The Kier molecular flexibility index (Phi) is 4.39. The van der Waals surface area contributed by atoms with Crippen molar-refractivity contribution in [1.29, 1.82) is 0 Å². The fourth-order valence-corrected chi connectivity index (χ4v) is 4.07. The predicted molar refractivity (Wildman–Crippen MR) is 77.6 cm³/mol. The van der Waals surface area contributed by atoms with Crippen LogP contribution < -0.4 is 0 Å². The number of carbonyl (C=O) groups is 1. The van der Waals surface area contributed by atoms with Crippen LogP contribution in [0, 0.1) is 6.92 Å². The lowest BCUT2D eigenvalue weighted by molar-refractivity contribution is 0.0702. The maximum Gasteiger partial charge on any atom is 0.345 e. The highest BCUT2D eigenvalue weighted by Crippen LogP contribution is 2.25. The fourth-order valence-electron chi connectivity index (χ4n) is 1.60. The zero-order valence-corrected chi connectivity index (χ0v) is 12.4. The summed E-state index contributed by atoms with van der Waals surface area (Å²) in [6.45, 7) is 1.83. The van der Waals surface area contributed by atoms with Gasteiger partial charge in [0.05, 0.1) is 16.6 Å². The molecule has 19 heavy (non-hydrogen) atoms. The zero-order valence-electron chi connectivity index (χ0n) is 10.1. The Morgan fingerprint density at radius 3 is 2.74 bits per heavy atom. The Bertz CT molecular complexity index is 649. The number of carboxylic acids is 1. The normalized spacial score (nSPS) is 12.3. The van der Waals surface area contributed by atoms with Gasteiger partial charge in [0.1, 0.15) is 4.88 Å². The van der Waals surface area contributed by atoms with Gasteiger partial charge in [0.15, 0.2) is 0 Å². The van der Waals surface area contributed by atoms with Gasteiger partial charge in [0.2, 0.25) is 0 Å². The van der Waals surface area contributed by atoms with E-state index < -0.39 is 16.8 Å². The topological polar surface area (TPSA) is 54.4 Å². The molecule has 0 amide bonds. The second kappa shape index (κ2) is 5.86. The number of thiophene rings is 1. The van der Waals surface area contributed by atoms with Gasteiger partial charge in [-0.3, -0.25) is 4.21 Å². The fraction of sp³-hybridized carbons (Fsp3) is 0.154. The number of aromatic carboxylic acids is 1. The molecule has 1 heterocycles. The molecule has 6 heteroatoms. The Labute approximate surface area is 122 Å². The van der Waals surface area contributed by atoms with Gasteiger partial charge < -0.3 is 5.11 Å². The monoisotopic (exact) mass is 314 g/mol. The summed E-state index contributed by atoms with van der Waals surface area (Å²) in [5.41, 5.74) is 0.806. The van der Waals surface area contributed by atoms with E-state index in [2.05, 4.69) is 0 Å². The molecule has 1 aromatic carbocycles. The number of hydrogen-bond donors (Lipinski definition) is 1. The van der Waals surface area contributed by atoms with E-state index in [9.17, 15) is 9.00 Å². The van der Waals surface area contributed by atoms with Gasteiger partial charge in [-0.15, -0.1) is 11.3 Å². The van der Waals surface area contributed by atoms with Crippen LogP contribution in [0.5, 0.6) is 0 Å². The Morgan fingerprint density at radius 1 is 1.42 bits per heavy atom. The second-order valence-corrected chi connectivity index (χ2v) is 7.09. The van der Waals surface area contributed by atoms with Crippen LogP contribution in [-0.4, -0.2) is 15.3 Å². The summed E-state index contributed by atoms with van der Waals surface area (Å²) >= 11 is 7.06. The molecule has 0 bridgehead atoms. The van der Waals surface area contributed by atoms with Crippen molar-refractivity contribution >= 4 is 39.7 Å². The first-order valence-electron chi connectivity index (χ1n) is 5.44. The first-order chi connectivity index (χ1) is 8.97. The van der Waals surface area contributed by atoms with Crippen LogP contribution in [0.1, 0.15) is 20.1 Å². The van der Waals surface area contributed by atoms with Crippen molar-refractivity contribution in [3.63, 3.8) is 0 Å². The summed E-state index contributed by atoms with van der Waals surface area (Å²) in [5, 5.41) is 9.47. The highest BCUT2D eigenvalue weighted by atomic mass is 35.5. The highest BCUT2D eigenvalue weighted by molar-refractivity contribution is 7.84. The SMILES string of the molecule is Cc1sc(C(=O)O)cc1CS(=O)c1cccc(Cl)c1. The number of carboxylic acid groups (broad SMARTS) is 1. The molecule has 0 aliphatic carbocycles. The summed E-state index contributed by atoms with van der Waals surface area (Å²) in [7, 11) is -1.23. The number of benzene rings is 1. The molecule has 100 valence electrons. The lowest BCUT2D eigenvalue weighted by Crippen LogP contribution is -1.97. The van der Waals surface area contributed by atoms with E-state index in [0.29, 0.717) is 15.7 Å². The van der Waals surface area contributed by atoms with Crippen molar-refractivity contribution in [2.24, 2.45) is 0 Å². The summed E-state index contributed by atoms with van der Waals surface area (Å²) < 4.78 is 12.2. The summed E-state index contributed by atoms with van der Waals surface area (Å²) in [5.74, 6) is -0.649. The molecule has 0 fully saturated rings. The van der Waals surface area contributed by atoms with Crippen LogP contribution >= 0.6 is 22.9 Å². The van der Waals surface area contributed by atoms with Gasteiger partial charge in [-0.2, -0.15) is 0 Å². The first-order valence-corrected chi connectivity index (χ1v) is 7.95. The molecule has 0 radical (unpaired) electrons. The van der Waals surface area contributed by atoms with Crippen LogP contribution in [0.2, 0.25) is 5.02 Å².